The smallest absolute Gasteiger partial charge is 0.271 e. The Morgan fingerprint density at radius 3 is 2.71 bits per heavy atom. The maximum absolute atomic E-state index is 12.4. The fourth-order valence-corrected chi connectivity index (χ4v) is 2.75. The van der Waals surface area contributed by atoms with Crippen molar-refractivity contribution in [3.05, 3.63) is 35.5 Å². The summed E-state index contributed by atoms with van der Waals surface area (Å²) in [6.45, 7) is 2.60. The van der Waals surface area contributed by atoms with Crippen molar-refractivity contribution < 1.29 is 9.53 Å². The Kier molecular flexibility index (Phi) is 4.48. The SMILES string of the molecule is Cc1c([C@H]2OCC[C@@H]2NC(=O)c2cnc(N(C)C)cn2)cnn1C. The third kappa shape index (κ3) is 3.09. The molecule has 0 radical (unpaired) electrons. The molecule has 2 aromatic rings. The summed E-state index contributed by atoms with van der Waals surface area (Å²) in [6.07, 6.45) is 5.45. The molecule has 2 atom stereocenters. The molecule has 24 heavy (non-hydrogen) atoms. The maximum atomic E-state index is 12.4. The van der Waals surface area contributed by atoms with Crippen molar-refractivity contribution in [2.24, 2.45) is 7.05 Å². The fraction of sp³-hybridized carbons (Fsp3) is 0.500. The summed E-state index contributed by atoms with van der Waals surface area (Å²) in [5.41, 5.74) is 2.35. The van der Waals surface area contributed by atoms with Gasteiger partial charge in [-0.15, -0.1) is 0 Å². The van der Waals surface area contributed by atoms with E-state index >= 15 is 0 Å². The standard InChI is InChI=1S/C16H22N6O2/c1-10-11(7-19-22(10)4)15-12(5-6-24-15)20-16(23)13-8-18-14(9-17-13)21(2)3/h7-9,12,15H,5-6H2,1-4H3,(H,20,23)/t12-,15+/m0/s1. The molecule has 1 aliphatic heterocycles. The van der Waals surface area contributed by atoms with E-state index < -0.39 is 0 Å². The van der Waals surface area contributed by atoms with Gasteiger partial charge >= 0.3 is 0 Å². The summed E-state index contributed by atoms with van der Waals surface area (Å²) in [4.78, 5) is 22.7. The number of anilines is 1. The zero-order valence-corrected chi connectivity index (χ0v) is 14.4. The van der Waals surface area contributed by atoms with Crippen LogP contribution in [-0.4, -0.2) is 52.4 Å². The minimum Gasteiger partial charge on any atom is -0.371 e. The number of carbonyl (C=O) groups is 1. The van der Waals surface area contributed by atoms with Crippen molar-refractivity contribution in [3.63, 3.8) is 0 Å². The van der Waals surface area contributed by atoms with Crippen LogP contribution >= 0.6 is 0 Å². The Morgan fingerprint density at radius 1 is 1.33 bits per heavy atom. The van der Waals surface area contributed by atoms with Crippen molar-refractivity contribution in [2.75, 3.05) is 25.6 Å². The third-order valence-electron chi connectivity index (χ3n) is 4.32. The van der Waals surface area contributed by atoms with E-state index in [1.54, 1.807) is 17.1 Å². The highest BCUT2D eigenvalue weighted by Crippen LogP contribution is 2.31. The highest BCUT2D eigenvalue weighted by molar-refractivity contribution is 5.92. The summed E-state index contributed by atoms with van der Waals surface area (Å²) in [5.74, 6) is 0.467. The Morgan fingerprint density at radius 2 is 2.12 bits per heavy atom. The van der Waals surface area contributed by atoms with Crippen LogP contribution in [0.5, 0.6) is 0 Å². The van der Waals surface area contributed by atoms with Crippen LogP contribution in [0, 0.1) is 6.92 Å². The van der Waals surface area contributed by atoms with Gasteiger partial charge in [0.05, 0.1) is 24.6 Å². The van der Waals surface area contributed by atoms with Gasteiger partial charge in [-0.3, -0.25) is 9.48 Å². The van der Waals surface area contributed by atoms with Gasteiger partial charge in [-0.25, -0.2) is 9.97 Å². The number of amides is 1. The topological polar surface area (TPSA) is 85.2 Å². The van der Waals surface area contributed by atoms with Crippen LogP contribution in [0.2, 0.25) is 0 Å². The molecule has 8 heteroatoms. The van der Waals surface area contributed by atoms with Gasteiger partial charge in [0.15, 0.2) is 0 Å². The molecular weight excluding hydrogens is 308 g/mol. The van der Waals surface area contributed by atoms with E-state index in [0.29, 0.717) is 18.1 Å². The molecule has 0 aliphatic carbocycles. The largest absolute Gasteiger partial charge is 0.371 e. The Hall–Kier alpha value is -2.48. The van der Waals surface area contributed by atoms with E-state index in [1.165, 1.54) is 6.20 Å². The van der Waals surface area contributed by atoms with Crippen LogP contribution in [0.25, 0.3) is 0 Å². The van der Waals surface area contributed by atoms with Crippen molar-refractivity contribution in [1.29, 1.82) is 0 Å². The van der Waals surface area contributed by atoms with Crippen molar-refractivity contribution in [3.8, 4) is 0 Å². The van der Waals surface area contributed by atoms with Crippen LogP contribution in [0.3, 0.4) is 0 Å². The Labute approximate surface area is 140 Å². The van der Waals surface area contributed by atoms with Gasteiger partial charge in [0.1, 0.15) is 17.6 Å². The molecule has 2 aromatic heterocycles. The van der Waals surface area contributed by atoms with Crippen molar-refractivity contribution >= 4 is 11.7 Å². The molecule has 1 saturated heterocycles. The lowest BCUT2D eigenvalue weighted by atomic mass is 10.0. The second-order valence-corrected chi connectivity index (χ2v) is 6.12. The van der Waals surface area contributed by atoms with Crippen LogP contribution in [0.1, 0.15) is 34.3 Å². The molecule has 0 aromatic carbocycles. The molecule has 1 N–H and O–H groups in total. The number of aromatic nitrogens is 4. The van der Waals surface area contributed by atoms with Crippen LogP contribution in [0.15, 0.2) is 18.6 Å². The fourth-order valence-electron chi connectivity index (χ4n) is 2.75. The zero-order chi connectivity index (χ0) is 17.3. The molecule has 1 fully saturated rings. The summed E-state index contributed by atoms with van der Waals surface area (Å²) in [5, 5.41) is 7.27. The number of nitrogens with zero attached hydrogens (tertiary/aromatic N) is 5. The quantitative estimate of drug-likeness (QED) is 0.894. The van der Waals surface area contributed by atoms with Gasteiger partial charge < -0.3 is 15.0 Å². The number of carbonyl (C=O) groups excluding carboxylic acids is 1. The van der Waals surface area contributed by atoms with Gasteiger partial charge in [-0.1, -0.05) is 0 Å². The number of aryl methyl sites for hydroxylation is 1. The van der Waals surface area contributed by atoms with Crippen LogP contribution < -0.4 is 10.2 Å². The first-order chi connectivity index (χ1) is 11.5. The molecule has 0 spiro atoms. The number of hydrogen-bond donors (Lipinski definition) is 1. The predicted octanol–water partition coefficient (Wildman–Crippen LogP) is 0.845. The molecule has 0 unspecified atom stereocenters. The second-order valence-electron chi connectivity index (χ2n) is 6.12. The third-order valence-corrected chi connectivity index (χ3v) is 4.32. The second kappa shape index (κ2) is 6.56. The Balaban J connectivity index is 1.72. The minimum absolute atomic E-state index is 0.101. The molecule has 1 aliphatic rings. The van der Waals surface area contributed by atoms with Crippen molar-refractivity contribution in [1.82, 2.24) is 25.1 Å². The number of hydrogen-bond acceptors (Lipinski definition) is 6. The summed E-state index contributed by atoms with van der Waals surface area (Å²) < 4.78 is 7.63. The lowest BCUT2D eigenvalue weighted by Crippen LogP contribution is -2.37. The van der Waals surface area contributed by atoms with Gasteiger partial charge in [0.2, 0.25) is 0 Å². The lowest BCUT2D eigenvalue weighted by Gasteiger charge is -2.19. The predicted molar refractivity (Wildman–Crippen MR) is 88.9 cm³/mol. The molecular formula is C16H22N6O2. The molecule has 8 nitrogen and oxygen atoms in total. The number of nitrogens with one attached hydrogen (secondary N) is 1. The average Bonchev–Trinajstić information content (AvgIpc) is 3.15. The number of rotatable bonds is 4. The highest BCUT2D eigenvalue weighted by Gasteiger charge is 2.33. The van der Waals surface area contributed by atoms with E-state index in [-0.39, 0.29) is 18.1 Å². The average molecular weight is 330 g/mol. The van der Waals surface area contributed by atoms with Gasteiger partial charge in [0.25, 0.3) is 5.91 Å². The maximum Gasteiger partial charge on any atom is 0.271 e. The first kappa shape index (κ1) is 16.4. The van der Waals surface area contributed by atoms with Gasteiger partial charge in [0, 0.05) is 39.0 Å². The molecule has 0 saturated carbocycles. The van der Waals surface area contributed by atoms with Crippen LogP contribution in [0.4, 0.5) is 5.82 Å². The van der Waals surface area contributed by atoms with E-state index in [4.69, 9.17) is 4.74 Å². The van der Waals surface area contributed by atoms with E-state index in [1.807, 2.05) is 33.0 Å². The molecule has 3 heterocycles. The van der Waals surface area contributed by atoms with E-state index in [2.05, 4.69) is 20.4 Å². The highest BCUT2D eigenvalue weighted by atomic mass is 16.5. The normalized spacial score (nSPS) is 20.2. The summed E-state index contributed by atoms with van der Waals surface area (Å²) in [7, 11) is 5.64. The number of ether oxygens (including phenoxy) is 1. The molecule has 0 bridgehead atoms. The minimum atomic E-state index is -0.241. The monoisotopic (exact) mass is 330 g/mol. The molecule has 1 amide bonds. The summed E-state index contributed by atoms with van der Waals surface area (Å²) in [6, 6.07) is -0.101. The Bertz CT molecular complexity index is 725. The first-order valence-corrected chi connectivity index (χ1v) is 7.87. The molecule has 128 valence electrons. The molecule has 3 rings (SSSR count). The zero-order valence-electron chi connectivity index (χ0n) is 14.4. The van der Waals surface area contributed by atoms with Crippen LogP contribution in [-0.2, 0) is 11.8 Å². The van der Waals surface area contributed by atoms with E-state index in [9.17, 15) is 4.79 Å². The lowest BCUT2D eigenvalue weighted by molar-refractivity contribution is 0.0815. The first-order valence-electron chi connectivity index (χ1n) is 7.87. The van der Waals surface area contributed by atoms with E-state index in [0.717, 1.165) is 17.7 Å². The van der Waals surface area contributed by atoms with Gasteiger partial charge in [-0.05, 0) is 13.3 Å². The van der Waals surface area contributed by atoms with Crippen molar-refractivity contribution in [2.45, 2.75) is 25.5 Å². The van der Waals surface area contributed by atoms with Gasteiger partial charge in [-0.2, -0.15) is 5.10 Å². The summed E-state index contributed by atoms with van der Waals surface area (Å²) >= 11 is 0.